The van der Waals surface area contributed by atoms with Crippen LogP contribution in [0.15, 0.2) is 12.4 Å². The molecule has 1 N–H and O–H groups in total. The molecule has 1 aromatic rings. The van der Waals surface area contributed by atoms with Crippen molar-refractivity contribution >= 4 is 11.7 Å². The van der Waals surface area contributed by atoms with Crippen LogP contribution in [-0.4, -0.2) is 34.0 Å². The number of carbonyl (C=O) groups excluding carboxylic acids is 1. The maximum absolute atomic E-state index is 11.9. The summed E-state index contributed by atoms with van der Waals surface area (Å²) in [5, 5.41) is 2.82. The van der Waals surface area contributed by atoms with Crippen LogP contribution >= 0.6 is 0 Å². The minimum atomic E-state index is -0.0719. The third-order valence-electron chi connectivity index (χ3n) is 2.97. The number of aromatic nitrogens is 2. The highest BCUT2D eigenvalue weighted by molar-refractivity contribution is 5.89. The van der Waals surface area contributed by atoms with Crippen LogP contribution in [0.3, 0.4) is 0 Å². The van der Waals surface area contributed by atoms with Crippen molar-refractivity contribution in [1.29, 1.82) is 0 Å². The van der Waals surface area contributed by atoms with Crippen LogP contribution in [-0.2, 0) is 5.41 Å². The average molecular weight is 248 g/mol. The Hall–Kier alpha value is -1.65. The number of hydrogen-bond donors (Lipinski definition) is 1. The van der Waals surface area contributed by atoms with Crippen molar-refractivity contribution in [2.24, 2.45) is 0 Å². The summed E-state index contributed by atoms with van der Waals surface area (Å²) in [5.74, 6) is 0.779. The zero-order chi connectivity index (χ0) is 13.2. The predicted octanol–water partition coefficient (Wildman–Crippen LogP) is 2.40. The fourth-order valence-corrected chi connectivity index (χ4v) is 1.90. The van der Waals surface area contributed by atoms with Gasteiger partial charge in [0.1, 0.15) is 5.82 Å². The molecule has 2 rings (SSSR count). The van der Waals surface area contributed by atoms with Crippen molar-refractivity contribution in [1.82, 2.24) is 14.9 Å². The summed E-state index contributed by atoms with van der Waals surface area (Å²) in [6.45, 7) is 7.86. The monoisotopic (exact) mass is 248 g/mol. The molecule has 1 aliphatic heterocycles. The van der Waals surface area contributed by atoms with E-state index in [1.165, 1.54) is 0 Å². The largest absolute Gasteiger partial charge is 0.325 e. The van der Waals surface area contributed by atoms with E-state index < -0.39 is 0 Å². The Labute approximate surface area is 108 Å². The van der Waals surface area contributed by atoms with Gasteiger partial charge in [-0.05, 0) is 12.8 Å². The molecule has 0 saturated carbocycles. The molecule has 2 heterocycles. The number of amides is 2. The lowest BCUT2D eigenvalue weighted by Crippen LogP contribution is -2.32. The van der Waals surface area contributed by atoms with Gasteiger partial charge in [-0.1, -0.05) is 20.8 Å². The highest BCUT2D eigenvalue weighted by Crippen LogP contribution is 2.18. The fraction of sp³-hybridized carbons (Fsp3) is 0.615. The lowest BCUT2D eigenvalue weighted by molar-refractivity contribution is 0.222. The summed E-state index contributed by atoms with van der Waals surface area (Å²) < 4.78 is 0. The number of nitrogens with zero attached hydrogens (tertiary/aromatic N) is 3. The second-order valence-corrected chi connectivity index (χ2v) is 5.67. The molecule has 1 aromatic heterocycles. The molecule has 0 unspecified atom stereocenters. The van der Waals surface area contributed by atoms with E-state index in [0.29, 0.717) is 5.69 Å². The second kappa shape index (κ2) is 4.92. The Morgan fingerprint density at radius 1 is 1.22 bits per heavy atom. The van der Waals surface area contributed by atoms with Gasteiger partial charge >= 0.3 is 6.03 Å². The van der Waals surface area contributed by atoms with Crippen LogP contribution in [0.2, 0.25) is 0 Å². The van der Waals surface area contributed by atoms with Gasteiger partial charge < -0.3 is 10.2 Å². The summed E-state index contributed by atoms with van der Waals surface area (Å²) >= 11 is 0. The highest BCUT2D eigenvalue weighted by Gasteiger charge is 2.19. The smallest absolute Gasteiger partial charge is 0.321 e. The summed E-state index contributed by atoms with van der Waals surface area (Å²) in [5.41, 5.74) is 0.581. The topological polar surface area (TPSA) is 58.1 Å². The molecule has 0 radical (unpaired) electrons. The van der Waals surface area contributed by atoms with E-state index in [1.807, 2.05) is 4.90 Å². The Morgan fingerprint density at radius 2 is 1.78 bits per heavy atom. The molecule has 2 amide bonds. The third-order valence-corrected chi connectivity index (χ3v) is 2.97. The van der Waals surface area contributed by atoms with Crippen molar-refractivity contribution in [2.75, 3.05) is 18.4 Å². The molecule has 1 fully saturated rings. The zero-order valence-corrected chi connectivity index (χ0v) is 11.2. The van der Waals surface area contributed by atoms with Crippen LogP contribution < -0.4 is 5.32 Å². The minimum Gasteiger partial charge on any atom is -0.325 e. The van der Waals surface area contributed by atoms with E-state index in [1.54, 1.807) is 12.4 Å². The standard InChI is InChI=1S/C13H20N4O/c1-13(2,3)11-14-8-10(9-15-11)16-12(18)17-6-4-5-7-17/h8-9H,4-7H2,1-3H3,(H,16,18). The molecular weight excluding hydrogens is 228 g/mol. The van der Waals surface area contributed by atoms with Gasteiger partial charge in [-0.2, -0.15) is 0 Å². The Bertz CT molecular complexity index is 416. The number of carbonyl (C=O) groups is 1. The van der Waals surface area contributed by atoms with Crippen molar-refractivity contribution in [2.45, 2.75) is 39.0 Å². The predicted molar refractivity (Wildman–Crippen MR) is 70.6 cm³/mol. The van der Waals surface area contributed by atoms with E-state index in [4.69, 9.17) is 0 Å². The maximum atomic E-state index is 11.9. The second-order valence-electron chi connectivity index (χ2n) is 5.67. The number of urea groups is 1. The first-order chi connectivity index (χ1) is 8.47. The Balaban J connectivity index is 2.00. The SMILES string of the molecule is CC(C)(C)c1ncc(NC(=O)N2CCCC2)cn1. The van der Waals surface area contributed by atoms with Crippen molar-refractivity contribution in [3.8, 4) is 0 Å². The van der Waals surface area contributed by atoms with Gasteiger partial charge in [0.2, 0.25) is 0 Å². The number of likely N-dealkylation sites (tertiary alicyclic amines) is 1. The number of rotatable bonds is 1. The Morgan fingerprint density at radius 3 is 2.28 bits per heavy atom. The summed E-state index contributed by atoms with van der Waals surface area (Å²) in [7, 11) is 0. The number of nitrogens with one attached hydrogen (secondary N) is 1. The van der Waals surface area contributed by atoms with Crippen molar-refractivity contribution in [3.63, 3.8) is 0 Å². The number of anilines is 1. The lowest BCUT2D eigenvalue weighted by Gasteiger charge is -2.18. The van der Waals surface area contributed by atoms with E-state index in [2.05, 4.69) is 36.1 Å². The van der Waals surface area contributed by atoms with Crippen molar-refractivity contribution < 1.29 is 4.79 Å². The van der Waals surface area contributed by atoms with E-state index in [0.717, 1.165) is 31.8 Å². The van der Waals surface area contributed by atoms with Crippen LogP contribution in [0.4, 0.5) is 10.5 Å². The first-order valence-electron chi connectivity index (χ1n) is 6.35. The van der Waals surface area contributed by atoms with E-state index >= 15 is 0 Å². The van der Waals surface area contributed by atoms with Gasteiger partial charge in [-0.25, -0.2) is 14.8 Å². The highest BCUT2D eigenvalue weighted by atomic mass is 16.2. The third kappa shape index (κ3) is 2.97. The molecule has 0 atom stereocenters. The first kappa shape index (κ1) is 12.8. The molecule has 1 aliphatic rings. The minimum absolute atomic E-state index is 0.0559. The first-order valence-corrected chi connectivity index (χ1v) is 6.35. The molecule has 0 aromatic carbocycles. The van der Waals surface area contributed by atoms with Crippen LogP contribution in [0.5, 0.6) is 0 Å². The van der Waals surface area contributed by atoms with Gasteiger partial charge in [0, 0.05) is 18.5 Å². The molecule has 5 nitrogen and oxygen atoms in total. The molecule has 18 heavy (non-hydrogen) atoms. The molecular formula is C13H20N4O. The van der Waals surface area contributed by atoms with Gasteiger partial charge in [-0.3, -0.25) is 0 Å². The van der Waals surface area contributed by atoms with Gasteiger partial charge in [0.25, 0.3) is 0 Å². The molecule has 0 aliphatic carbocycles. The van der Waals surface area contributed by atoms with E-state index in [9.17, 15) is 4.79 Å². The average Bonchev–Trinajstić information content (AvgIpc) is 2.82. The molecule has 5 heteroatoms. The van der Waals surface area contributed by atoms with Crippen LogP contribution in [0.25, 0.3) is 0 Å². The van der Waals surface area contributed by atoms with Gasteiger partial charge in [-0.15, -0.1) is 0 Å². The van der Waals surface area contributed by atoms with Crippen molar-refractivity contribution in [3.05, 3.63) is 18.2 Å². The lowest BCUT2D eigenvalue weighted by atomic mass is 9.96. The van der Waals surface area contributed by atoms with Gasteiger partial charge in [0.15, 0.2) is 0 Å². The zero-order valence-electron chi connectivity index (χ0n) is 11.2. The fourth-order valence-electron chi connectivity index (χ4n) is 1.90. The Kier molecular flexibility index (Phi) is 3.50. The normalized spacial score (nSPS) is 15.8. The van der Waals surface area contributed by atoms with Gasteiger partial charge in [0.05, 0.1) is 18.1 Å². The summed E-state index contributed by atoms with van der Waals surface area (Å²) in [4.78, 5) is 22.2. The molecule has 0 spiro atoms. The maximum Gasteiger partial charge on any atom is 0.321 e. The van der Waals surface area contributed by atoms with Crippen LogP contribution in [0.1, 0.15) is 39.4 Å². The summed E-state index contributed by atoms with van der Waals surface area (Å²) in [6.07, 6.45) is 5.52. The molecule has 98 valence electrons. The molecule has 1 saturated heterocycles. The quantitative estimate of drug-likeness (QED) is 0.830. The molecule has 0 bridgehead atoms. The number of hydrogen-bond acceptors (Lipinski definition) is 3. The summed E-state index contributed by atoms with van der Waals surface area (Å²) in [6, 6.07) is -0.0559. The van der Waals surface area contributed by atoms with E-state index in [-0.39, 0.29) is 11.4 Å². The van der Waals surface area contributed by atoms with Crippen LogP contribution in [0, 0.1) is 0 Å².